The summed E-state index contributed by atoms with van der Waals surface area (Å²) >= 11 is 3.40. The van der Waals surface area contributed by atoms with E-state index in [1.807, 2.05) is 25.5 Å². The lowest BCUT2D eigenvalue weighted by atomic mass is 10.2. The van der Waals surface area contributed by atoms with Crippen molar-refractivity contribution in [1.82, 2.24) is 9.78 Å². The molecule has 0 spiro atoms. The molecule has 1 aromatic rings. The molecule has 1 rings (SSSR count). The summed E-state index contributed by atoms with van der Waals surface area (Å²) in [7, 11) is 0. The second-order valence-corrected chi connectivity index (χ2v) is 4.86. The maximum Gasteiger partial charge on any atom is 0.120 e. The normalized spacial score (nSPS) is 13.4. The van der Waals surface area contributed by atoms with E-state index in [4.69, 9.17) is 4.74 Å². The molecule has 0 saturated carbocycles. The van der Waals surface area contributed by atoms with E-state index in [0.717, 1.165) is 16.6 Å². The van der Waals surface area contributed by atoms with Crippen LogP contribution in [0.3, 0.4) is 0 Å². The Morgan fingerprint density at radius 2 is 2.25 bits per heavy atom. The van der Waals surface area contributed by atoms with Crippen LogP contribution in [-0.2, 0) is 4.74 Å². The molecule has 0 aliphatic rings. The van der Waals surface area contributed by atoms with E-state index in [1.165, 1.54) is 0 Å². The molecule has 1 unspecified atom stereocenters. The van der Waals surface area contributed by atoms with Crippen LogP contribution in [-0.4, -0.2) is 28.1 Å². The third-order valence-electron chi connectivity index (χ3n) is 2.22. The monoisotopic (exact) mass is 290 g/mol. The number of aliphatic hydroxyl groups excluding tert-OH is 1. The van der Waals surface area contributed by atoms with Crippen molar-refractivity contribution in [3.05, 3.63) is 16.4 Å². The molecule has 0 aromatic carbocycles. The van der Waals surface area contributed by atoms with Crippen LogP contribution in [0.1, 0.15) is 45.0 Å². The summed E-state index contributed by atoms with van der Waals surface area (Å²) in [5.41, 5.74) is 0.783. The molecule has 0 bridgehead atoms. The topological polar surface area (TPSA) is 47.3 Å². The fourth-order valence-electron chi connectivity index (χ4n) is 1.49. The van der Waals surface area contributed by atoms with E-state index < -0.39 is 6.10 Å². The van der Waals surface area contributed by atoms with Crippen LogP contribution in [0.25, 0.3) is 0 Å². The van der Waals surface area contributed by atoms with Crippen molar-refractivity contribution in [1.29, 1.82) is 0 Å². The van der Waals surface area contributed by atoms with E-state index in [1.54, 1.807) is 6.20 Å². The second-order valence-electron chi connectivity index (χ2n) is 4.01. The van der Waals surface area contributed by atoms with Gasteiger partial charge in [0.1, 0.15) is 6.10 Å². The average molecular weight is 291 g/mol. The van der Waals surface area contributed by atoms with E-state index in [-0.39, 0.29) is 6.04 Å². The van der Waals surface area contributed by atoms with Crippen LogP contribution in [0.15, 0.2) is 10.7 Å². The number of hydrogen-bond acceptors (Lipinski definition) is 3. The number of halogens is 1. The predicted octanol–water partition coefficient (Wildman–Crippen LogP) is 2.69. The van der Waals surface area contributed by atoms with Gasteiger partial charge in [0, 0.05) is 12.6 Å². The van der Waals surface area contributed by atoms with Gasteiger partial charge in [-0.2, -0.15) is 5.10 Å². The Hall–Kier alpha value is -0.390. The highest BCUT2D eigenvalue weighted by atomic mass is 79.9. The quantitative estimate of drug-likeness (QED) is 0.820. The SMILES string of the molecule is CCCOCC(O)c1c(Br)cnn1C(C)C. The number of hydrogen-bond donors (Lipinski definition) is 1. The van der Waals surface area contributed by atoms with Gasteiger partial charge in [0.2, 0.25) is 0 Å². The zero-order valence-electron chi connectivity index (χ0n) is 9.98. The molecule has 92 valence electrons. The standard InChI is InChI=1S/C11H19BrN2O2/c1-4-5-16-7-10(15)11-9(12)6-13-14(11)8(2)3/h6,8,10,15H,4-5,7H2,1-3H3. The molecule has 1 N–H and O–H groups in total. The van der Waals surface area contributed by atoms with E-state index >= 15 is 0 Å². The molecule has 0 radical (unpaired) electrons. The Balaban J connectivity index is 2.73. The van der Waals surface area contributed by atoms with Gasteiger partial charge in [-0.05, 0) is 36.2 Å². The van der Waals surface area contributed by atoms with Gasteiger partial charge < -0.3 is 9.84 Å². The highest BCUT2D eigenvalue weighted by Crippen LogP contribution is 2.25. The van der Waals surface area contributed by atoms with Crippen LogP contribution >= 0.6 is 15.9 Å². The molecule has 1 heterocycles. The number of aliphatic hydroxyl groups is 1. The van der Waals surface area contributed by atoms with Crippen LogP contribution in [0, 0.1) is 0 Å². The first-order valence-corrected chi connectivity index (χ1v) is 6.35. The maximum absolute atomic E-state index is 10.0. The van der Waals surface area contributed by atoms with Gasteiger partial charge in [-0.3, -0.25) is 4.68 Å². The molecular formula is C11H19BrN2O2. The van der Waals surface area contributed by atoms with Gasteiger partial charge in [-0.1, -0.05) is 6.92 Å². The Kier molecular flexibility index (Phi) is 5.44. The fourth-order valence-corrected chi connectivity index (χ4v) is 2.03. The summed E-state index contributed by atoms with van der Waals surface area (Å²) in [6, 6.07) is 0.224. The zero-order chi connectivity index (χ0) is 12.1. The van der Waals surface area contributed by atoms with E-state index in [2.05, 4.69) is 21.0 Å². The van der Waals surface area contributed by atoms with E-state index in [9.17, 15) is 5.11 Å². The molecule has 0 amide bonds. The molecule has 5 heteroatoms. The summed E-state index contributed by atoms with van der Waals surface area (Å²) in [4.78, 5) is 0. The summed E-state index contributed by atoms with van der Waals surface area (Å²) in [6.45, 7) is 7.08. The first-order chi connectivity index (χ1) is 7.57. The van der Waals surface area contributed by atoms with Crippen molar-refractivity contribution in [2.24, 2.45) is 0 Å². The van der Waals surface area contributed by atoms with Crippen LogP contribution in [0.4, 0.5) is 0 Å². The van der Waals surface area contributed by atoms with Gasteiger partial charge in [-0.25, -0.2) is 0 Å². The van der Waals surface area contributed by atoms with Crippen molar-refractivity contribution >= 4 is 15.9 Å². The largest absolute Gasteiger partial charge is 0.384 e. The molecule has 16 heavy (non-hydrogen) atoms. The van der Waals surface area contributed by atoms with Gasteiger partial charge in [-0.15, -0.1) is 0 Å². The Labute approximate surface area is 105 Å². The highest BCUT2D eigenvalue weighted by Gasteiger charge is 2.19. The van der Waals surface area contributed by atoms with Gasteiger partial charge >= 0.3 is 0 Å². The lowest BCUT2D eigenvalue weighted by molar-refractivity contribution is 0.0309. The summed E-state index contributed by atoms with van der Waals surface area (Å²) in [5, 5.41) is 14.2. The number of rotatable bonds is 6. The first-order valence-electron chi connectivity index (χ1n) is 5.56. The second kappa shape index (κ2) is 6.37. The van der Waals surface area contributed by atoms with E-state index in [0.29, 0.717) is 13.2 Å². The van der Waals surface area contributed by atoms with Crippen molar-refractivity contribution in [2.45, 2.75) is 39.3 Å². The van der Waals surface area contributed by atoms with Crippen LogP contribution < -0.4 is 0 Å². The molecule has 0 aliphatic carbocycles. The maximum atomic E-state index is 10.0. The predicted molar refractivity (Wildman–Crippen MR) is 66.4 cm³/mol. The van der Waals surface area contributed by atoms with Crippen molar-refractivity contribution in [2.75, 3.05) is 13.2 Å². The average Bonchev–Trinajstić information content (AvgIpc) is 2.60. The van der Waals surface area contributed by atoms with Crippen molar-refractivity contribution in [3.63, 3.8) is 0 Å². The highest BCUT2D eigenvalue weighted by molar-refractivity contribution is 9.10. The minimum absolute atomic E-state index is 0.224. The summed E-state index contributed by atoms with van der Waals surface area (Å²) in [6.07, 6.45) is 2.03. The molecular weight excluding hydrogens is 272 g/mol. The molecule has 0 aliphatic heterocycles. The van der Waals surface area contributed by atoms with Crippen molar-refractivity contribution < 1.29 is 9.84 Å². The number of nitrogens with zero attached hydrogens (tertiary/aromatic N) is 2. The molecule has 0 saturated heterocycles. The van der Waals surface area contributed by atoms with Gasteiger partial charge in [0.05, 0.1) is 23.0 Å². The number of aromatic nitrogens is 2. The smallest absolute Gasteiger partial charge is 0.120 e. The molecule has 0 fully saturated rings. The van der Waals surface area contributed by atoms with Gasteiger partial charge in [0.15, 0.2) is 0 Å². The summed E-state index contributed by atoms with van der Waals surface area (Å²) in [5.74, 6) is 0. The van der Waals surface area contributed by atoms with Crippen LogP contribution in [0.2, 0.25) is 0 Å². The molecule has 1 atom stereocenters. The van der Waals surface area contributed by atoms with Gasteiger partial charge in [0.25, 0.3) is 0 Å². The fraction of sp³-hybridized carbons (Fsp3) is 0.727. The lowest BCUT2D eigenvalue weighted by Crippen LogP contribution is -2.16. The van der Waals surface area contributed by atoms with Crippen LogP contribution in [0.5, 0.6) is 0 Å². The Bertz CT molecular complexity index is 326. The minimum atomic E-state index is -0.633. The number of ether oxygens (including phenoxy) is 1. The van der Waals surface area contributed by atoms with Crippen molar-refractivity contribution in [3.8, 4) is 0 Å². The summed E-state index contributed by atoms with van der Waals surface area (Å²) < 4.78 is 7.98. The Morgan fingerprint density at radius 1 is 1.56 bits per heavy atom. The molecule has 1 aromatic heterocycles. The zero-order valence-corrected chi connectivity index (χ0v) is 11.6. The first kappa shape index (κ1) is 13.7. The molecule has 4 nitrogen and oxygen atoms in total. The Morgan fingerprint density at radius 3 is 2.81 bits per heavy atom. The third-order valence-corrected chi connectivity index (χ3v) is 2.83. The minimum Gasteiger partial charge on any atom is -0.384 e. The third kappa shape index (κ3) is 3.30. The lowest BCUT2D eigenvalue weighted by Gasteiger charge is -2.16.